The molecule has 0 amide bonds. The lowest BCUT2D eigenvalue weighted by Gasteiger charge is -2.26. The molecule has 0 saturated carbocycles. The van der Waals surface area contributed by atoms with Gasteiger partial charge in [-0.2, -0.15) is 0 Å². The minimum atomic E-state index is -5.21. The number of H-pyrrole nitrogens is 3. The molecule has 4 aliphatic heterocycles. The Labute approximate surface area is 339 Å². The predicted octanol–water partition coefficient (Wildman–Crippen LogP) is -0.338. The van der Waals surface area contributed by atoms with Crippen LogP contribution in [0.15, 0.2) is 47.4 Å². The minimum Gasteiger partial charge on any atom is -0.351 e. The van der Waals surface area contributed by atoms with Crippen LogP contribution in [0.25, 0.3) is 0 Å². The quantitative estimate of drug-likeness (QED) is 0.183. The Kier molecular flexibility index (Phi) is 12.7. The SMILES string of the molecule is Cc1cn([C@H]2C[C@@H]3OP(=O)(O)OC[C@H]4O[C@@H](n5cc(C)c(=O)[nH]c5=O)C[C@@H]4OP(=O)(O)SC[C@H]4O[C@@H](n5cc(C)c(=O)[nH]c5=O)C[C@@H]4OP(=O)(O)OC[C@H]3O2)c(=O)[nH]c1=O. The average molecular weight is 929 g/mol. The molecule has 3 aromatic rings. The molecule has 12 atom stereocenters. The van der Waals surface area contributed by atoms with E-state index in [1.54, 1.807) is 0 Å². The van der Waals surface area contributed by atoms with Crippen LogP contribution in [0.5, 0.6) is 0 Å². The molecule has 3 aromatic heterocycles. The summed E-state index contributed by atoms with van der Waals surface area (Å²) in [6, 6.07) is 0. The Morgan fingerprint density at radius 3 is 1.27 bits per heavy atom. The molecule has 7 rings (SSSR count). The van der Waals surface area contributed by atoms with Crippen LogP contribution >= 0.6 is 33.8 Å². The molecule has 6 N–H and O–H groups in total. The van der Waals surface area contributed by atoms with E-state index in [0.717, 1.165) is 19.9 Å². The normalized spacial score (nSPS) is 36.8. The highest BCUT2D eigenvalue weighted by Gasteiger charge is 2.48. The van der Waals surface area contributed by atoms with Gasteiger partial charge in [0.2, 0.25) is 0 Å². The van der Waals surface area contributed by atoms with Crippen LogP contribution in [0, 0.1) is 20.8 Å². The third-order valence-corrected chi connectivity index (χ3v) is 15.0. The Morgan fingerprint density at radius 2 is 0.883 bits per heavy atom. The van der Waals surface area contributed by atoms with Gasteiger partial charge in [-0.25, -0.2) is 28.1 Å². The third-order valence-electron chi connectivity index (χ3n) is 9.92. The number of nitrogens with zero attached hydrogens (tertiary/aromatic N) is 3. The number of nitrogens with one attached hydrogen (secondary N) is 3. The largest absolute Gasteiger partial charge is 0.472 e. The second-order valence-electron chi connectivity index (χ2n) is 14.3. The number of rotatable bonds is 3. The van der Waals surface area contributed by atoms with Crippen molar-refractivity contribution in [2.24, 2.45) is 0 Å². The number of ether oxygens (including phenoxy) is 3. The highest BCUT2D eigenvalue weighted by Crippen LogP contribution is 2.60. The molecule has 0 aliphatic carbocycles. The first kappa shape index (κ1) is 44.7. The highest BCUT2D eigenvalue weighted by atomic mass is 32.7. The van der Waals surface area contributed by atoms with E-state index >= 15 is 0 Å². The number of hydrogen-bond donors (Lipinski definition) is 6. The fourth-order valence-electron chi connectivity index (χ4n) is 6.90. The first-order chi connectivity index (χ1) is 28.1. The fourth-order valence-corrected chi connectivity index (χ4v) is 11.6. The molecule has 4 fully saturated rings. The molecular weight excluding hydrogens is 889 g/mol. The molecule has 3 unspecified atom stereocenters. The Hall–Kier alpha value is -3.36. The Morgan fingerprint density at radius 1 is 0.550 bits per heavy atom. The van der Waals surface area contributed by atoms with Crippen molar-refractivity contribution >= 4 is 33.8 Å². The van der Waals surface area contributed by atoms with Crippen molar-refractivity contribution in [2.45, 2.75) is 95.3 Å². The van der Waals surface area contributed by atoms with Gasteiger partial charge in [0.25, 0.3) is 16.7 Å². The van der Waals surface area contributed by atoms with Gasteiger partial charge >= 0.3 is 39.5 Å². The van der Waals surface area contributed by atoms with Crippen molar-refractivity contribution in [3.05, 3.63) is 97.8 Å². The molecule has 0 bridgehead atoms. The van der Waals surface area contributed by atoms with Gasteiger partial charge in [-0.15, -0.1) is 0 Å². The highest BCUT2D eigenvalue weighted by molar-refractivity contribution is 8.54. The second kappa shape index (κ2) is 17.1. The number of hydrogen-bond acceptors (Lipinski definition) is 18. The maximum absolute atomic E-state index is 13.6. The van der Waals surface area contributed by atoms with Crippen LogP contribution in [0.1, 0.15) is 54.6 Å². The van der Waals surface area contributed by atoms with Crippen LogP contribution in [-0.2, 0) is 50.5 Å². The summed E-state index contributed by atoms with van der Waals surface area (Å²) in [4.78, 5) is 114. The van der Waals surface area contributed by atoms with Crippen LogP contribution < -0.4 is 33.7 Å². The zero-order valence-corrected chi connectivity index (χ0v) is 35.0. The summed E-state index contributed by atoms with van der Waals surface area (Å²) in [5.41, 5.74) is -4.45. The Bertz CT molecular complexity index is 2380. The fraction of sp³-hybridized carbons (Fsp3) is 0.600. The van der Waals surface area contributed by atoms with Gasteiger partial charge in [-0.1, -0.05) is 0 Å². The summed E-state index contributed by atoms with van der Waals surface area (Å²) in [5.74, 6) is -0.481. The van der Waals surface area contributed by atoms with Gasteiger partial charge in [0.05, 0.1) is 19.3 Å². The zero-order valence-electron chi connectivity index (χ0n) is 31.5. The van der Waals surface area contributed by atoms with E-state index in [-0.39, 0.29) is 47.3 Å². The first-order valence-electron chi connectivity index (χ1n) is 18.0. The van der Waals surface area contributed by atoms with Gasteiger partial charge < -0.3 is 28.9 Å². The third kappa shape index (κ3) is 9.96. The molecule has 330 valence electrons. The number of aromatic amines is 3. The van der Waals surface area contributed by atoms with E-state index in [0.29, 0.717) is 0 Å². The van der Waals surface area contributed by atoms with Gasteiger partial charge in [0, 0.05) is 60.3 Å². The van der Waals surface area contributed by atoms with E-state index in [2.05, 4.69) is 15.0 Å². The molecule has 26 nitrogen and oxygen atoms in total. The molecule has 0 aromatic carbocycles. The summed E-state index contributed by atoms with van der Waals surface area (Å²) in [7, 11) is -10.4. The standard InChI is InChI=1S/C30H39N6O20P3S/c1-13-7-34(28(40)31-25(13)37)22-4-16-19(51-22)10-49-58(45,46)55-18-6-24(36-9-15(3)27(39)33-30(36)42)53-21(18)12-60-59(47,48)56-17-5-23(35-8-14(2)26(38)32-29(35)41)52-20(17)11-50-57(43,44)54-16/h7-9,16-24H,4-6,10-12H2,1-3H3,(H,43,44)(H,45,46)(H,47,48)(H,31,37,40)(H,32,38,41)(H,33,39,42)/t16-,17-,18-,19+,20+,21+,22+,23+,24+/m0/s1. The topological polar surface area (TPSA) is 350 Å². The number of fused-ring (bicyclic) bond motifs is 3. The lowest BCUT2D eigenvalue weighted by molar-refractivity contribution is -0.0579. The van der Waals surface area contributed by atoms with Gasteiger partial charge in [0.15, 0.2) is 0 Å². The van der Waals surface area contributed by atoms with Crippen LogP contribution in [0.4, 0.5) is 0 Å². The maximum atomic E-state index is 13.6. The molecule has 7 heterocycles. The summed E-state index contributed by atoms with van der Waals surface area (Å²) < 4.78 is 88.4. The van der Waals surface area contributed by atoms with Crippen molar-refractivity contribution in [3.8, 4) is 0 Å². The van der Waals surface area contributed by atoms with Crippen LogP contribution in [0.2, 0.25) is 0 Å². The van der Waals surface area contributed by atoms with Crippen molar-refractivity contribution in [2.75, 3.05) is 19.0 Å². The molecular formula is C30H39N6O20P3S. The molecule has 4 saturated heterocycles. The lowest BCUT2D eigenvalue weighted by atomic mass is 10.2. The summed E-state index contributed by atoms with van der Waals surface area (Å²) in [6.07, 6.45) is -9.94. The van der Waals surface area contributed by atoms with Gasteiger partial charge in [-0.3, -0.25) is 65.7 Å². The van der Waals surface area contributed by atoms with Crippen LogP contribution in [-0.4, -0.2) is 98.9 Å². The molecule has 30 heteroatoms. The van der Waals surface area contributed by atoms with E-state index in [1.807, 2.05) is 0 Å². The summed E-state index contributed by atoms with van der Waals surface area (Å²) in [5, 5.41) is 0. The van der Waals surface area contributed by atoms with Crippen molar-refractivity contribution < 1.29 is 65.2 Å². The molecule has 4 aliphatic rings. The molecule has 60 heavy (non-hydrogen) atoms. The predicted molar refractivity (Wildman–Crippen MR) is 202 cm³/mol. The van der Waals surface area contributed by atoms with E-state index in [9.17, 15) is 57.1 Å². The Balaban J connectivity index is 1.22. The number of aryl methyl sites for hydroxylation is 3. The van der Waals surface area contributed by atoms with Gasteiger partial charge in [0.1, 0.15) is 49.2 Å². The average Bonchev–Trinajstić information content (AvgIpc) is 3.86. The maximum Gasteiger partial charge on any atom is 0.472 e. The van der Waals surface area contributed by atoms with Gasteiger partial charge in [-0.05, 0) is 32.2 Å². The van der Waals surface area contributed by atoms with E-state index in [1.165, 1.54) is 33.2 Å². The summed E-state index contributed by atoms with van der Waals surface area (Å²) in [6.45, 7) is -2.31. The van der Waals surface area contributed by atoms with Crippen molar-refractivity contribution in [3.63, 3.8) is 0 Å². The summed E-state index contributed by atoms with van der Waals surface area (Å²) >= 11 is 0.288. The van der Waals surface area contributed by atoms with E-state index < -0.39 is 130 Å². The van der Waals surface area contributed by atoms with E-state index in [4.69, 9.17) is 36.8 Å². The number of aromatic nitrogens is 6. The molecule has 0 spiro atoms. The minimum absolute atomic E-state index is 0.0968. The van der Waals surface area contributed by atoms with Crippen molar-refractivity contribution in [1.82, 2.24) is 28.7 Å². The van der Waals surface area contributed by atoms with Crippen molar-refractivity contribution in [1.29, 1.82) is 0 Å². The molecule has 0 radical (unpaired) electrons. The first-order valence-corrected chi connectivity index (χ1v) is 24.1. The second-order valence-corrected chi connectivity index (χ2v) is 21.0. The lowest BCUT2D eigenvalue weighted by Crippen LogP contribution is -2.33. The monoisotopic (exact) mass is 928 g/mol. The van der Waals surface area contributed by atoms with Crippen LogP contribution in [0.3, 0.4) is 0 Å². The smallest absolute Gasteiger partial charge is 0.351 e. The number of phosphoric ester groups is 2. The number of phosphoric acid groups is 2. The zero-order chi connectivity index (χ0) is 43.5.